The molecule has 1 amide bonds. The smallest absolute Gasteiger partial charge is 0.357 e. The minimum atomic E-state index is -0.563. The third-order valence-corrected chi connectivity index (χ3v) is 5.44. The Balaban J connectivity index is 1.56. The van der Waals surface area contributed by atoms with Crippen LogP contribution in [0.25, 0.3) is 16.9 Å². The van der Waals surface area contributed by atoms with Gasteiger partial charge < -0.3 is 9.64 Å². The quantitative estimate of drug-likeness (QED) is 0.602. The van der Waals surface area contributed by atoms with Crippen molar-refractivity contribution >= 4 is 11.9 Å². The van der Waals surface area contributed by atoms with Gasteiger partial charge in [0, 0.05) is 18.2 Å². The van der Waals surface area contributed by atoms with Crippen LogP contribution in [-0.2, 0) is 9.53 Å². The summed E-state index contributed by atoms with van der Waals surface area (Å²) in [6.07, 6.45) is 3.11. The maximum absolute atomic E-state index is 12.9. The van der Waals surface area contributed by atoms with Crippen molar-refractivity contribution in [3.63, 3.8) is 0 Å². The molecule has 1 aliphatic rings. The summed E-state index contributed by atoms with van der Waals surface area (Å²) in [5, 5.41) is 4.62. The predicted octanol–water partition coefficient (Wildman–Crippen LogP) is 4.10. The molecule has 1 fully saturated rings. The zero-order valence-electron chi connectivity index (χ0n) is 17.0. The summed E-state index contributed by atoms with van der Waals surface area (Å²) in [5.74, 6) is -0.712. The van der Waals surface area contributed by atoms with E-state index in [0.717, 1.165) is 37.1 Å². The van der Waals surface area contributed by atoms with E-state index in [1.54, 1.807) is 15.6 Å². The summed E-state index contributed by atoms with van der Waals surface area (Å²) in [5.41, 5.74) is 2.61. The number of amides is 1. The summed E-state index contributed by atoms with van der Waals surface area (Å²) >= 11 is 0. The van der Waals surface area contributed by atoms with Gasteiger partial charge in [-0.25, -0.2) is 9.48 Å². The number of hydrogen-bond donors (Lipinski definition) is 0. The maximum Gasteiger partial charge on any atom is 0.357 e. The Kier molecular flexibility index (Phi) is 5.93. The van der Waals surface area contributed by atoms with Crippen molar-refractivity contribution in [2.45, 2.75) is 32.2 Å². The molecule has 154 valence electrons. The molecule has 6 heteroatoms. The van der Waals surface area contributed by atoms with E-state index in [-0.39, 0.29) is 18.6 Å². The predicted molar refractivity (Wildman–Crippen MR) is 114 cm³/mol. The molecule has 1 aromatic heterocycles. The number of esters is 1. The lowest BCUT2D eigenvalue weighted by Crippen LogP contribution is -2.44. The molecule has 2 aromatic carbocycles. The summed E-state index contributed by atoms with van der Waals surface area (Å²) in [7, 11) is 0. The van der Waals surface area contributed by atoms with Crippen molar-refractivity contribution in [2.24, 2.45) is 0 Å². The second-order valence-electron chi connectivity index (χ2n) is 7.54. The van der Waals surface area contributed by atoms with Crippen LogP contribution in [0.2, 0.25) is 0 Å². The number of carbonyl (C=O) groups excluding carboxylic acids is 2. The lowest BCUT2D eigenvalue weighted by Gasteiger charge is -2.33. The number of para-hydroxylation sites is 1. The molecular weight excluding hydrogens is 378 g/mol. The van der Waals surface area contributed by atoms with Crippen molar-refractivity contribution in [3.05, 3.63) is 72.4 Å². The number of carbonyl (C=O) groups is 2. The molecule has 1 atom stereocenters. The van der Waals surface area contributed by atoms with Crippen molar-refractivity contribution in [2.75, 3.05) is 13.2 Å². The molecule has 0 N–H and O–H groups in total. The Labute approximate surface area is 176 Å². The van der Waals surface area contributed by atoms with Gasteiger partial charge in [-0.2, -0.15) is 5.10 Å². The zero-order valence-corrected chi connectivity index (χ0v) is 17.0. The average Bonchev–Trinajstić information content (AvgIpc) is 3.24. The molecule has 1 saturated heterocycles. The van der Waals surface area contributed by atoms with Crippen LogP contribution in [0, 0.1) is 0 Å². The molecule has 1 aliphatic heterocycles. The number of likely N-dealkylation sites (tertiary alicyclic amines) is 1. The molecule has 0 bridgehead atoms. The molecule has 3 aromatic rings. The summed E-state index contributed by atoms with van der Waals surface area (Å²) in [6.45, 7) is 2.50. The zero-order chi connectivity index (χ0) is 20.9. The molecule has 30 heavy (non-hydrogen) atoms. The molecule has 0 saturated carbocycles. The SMILES string of the molecule is C[C@@H]1CCCCN1C(=O)COC(=O)c1cc(-c2ccccc2)nn1-c1ccccc1. The number of benzene rings is 2. The minimum Gasteiger partial charge on any atom is -0.451 e. The first-order valence-corrected chi connectivity index (χ1v) is 10.3. The second kappa shape index (κ2) is 8.95. The van der Waals surface area contributed by atoms with Gasteiger partial charge >= 0.3 is 5.97 Å². The monoisotopic (exact) mass is 403 g/mol. The number of hydrogen-bond acceptors (Lipinski definition) is 4. The summed E-state index contributed by atoms with van der Waals surface area (Å²) < 4.78 is 6.98. The first kappa shape index (κ1) is 19.9. The van der Waals surface area contributed by atoms with Crippen LogP contribution in [0.15, 0.2) is 66.7 Å². The van der Waals surface area contributed by atoms with E-state index in [0.29, 0.717) is 11.4 Å². The largest absolute Gasteiger partial charge is 0.451 e. The van der Waals surface area contributed by atoms with E-state index >= 15 is 0 Å². The molecule has 2 heterocycles. The molecular formula is C24H25N3O3. The highest BCUT2D eigenvalue weighted by atomic mass is 16.5. The third-order valence-electron chi connectivity index (χ3n) is 5.44. The fraction of sp³-hybridized carbons (Fsp3) is 0.292. The third kappa shape index (κ3) is 4.27. The van der Waals surface area contributed by atoms with E-state index in [1.165, 1.54) is 0 Å². The standard InChI is InChI=1S/C24H25N3O3/c1-18-10-8-9-15-26(18)23(28)17-30-24(29)22-16-21(19-11-4-2-5-12-19)25-27(22)20-13-6-3-7-14-20/h2-7,11-14,16,18H,8-10,15,17H2,1H3/t18-/m1/s1. The van der Waals surface area contributed by atoms with Crippen molar-refractivity contribution < 1.29 is 14.3 Å². The summed E-state index contributed by atoms with van der Waals surface area (Å²) in [6, 6.07) is 21.0. The number of aromatic nitrogens is 2. The van der Waals surface area contributed by atoms with Gasteiger partial charge in [0.25, 0.3) is 5.91 Å². The van der Waals surface area contributed by atoms with Crippen LogP contribution in [0.5, 0.6) is 0 Å². The number of nitrogens with zero attached hydrogens (tertiary/aromatic N) is 3. The first-order chi connectivity index (χ1) is 14.6. The van der Waals surface area contributed by atoms with Gasteiger partial charge in [0.15, 0.2) is 12.3 Å². The molecule has 6 nitrogen and oxygen atoms in total. The average molecular weight is 403 g/mol. The highest BCUT2D eigenvalue weighted by Gasteiger charge is 2.25. The van der Waals surface area contributed by atoms with Crippen LogP contribution < -0.4 is 0 Å². The van der Waals surface area contributed by atoms with Crippen molar-refractivity contribution in [1.82, 2.24) is 14.7 Å². The Morgan fingerprint density at radius 3 is 2.43 bits per heavy atom. The lowest BCUT2D eigenvalue weighted by atomic mass is 10.0. The Morgan fingerprint density at radius 1 is 1.03 bits per heavy atom. The van der Waals surface area contributed by atoms with E-state index in [4.69, 9.17) is 4.74 Å². The second-order valence-corrected chi connectivity index (χ2v) is 7.54. The summed E-state index contributed by atoms with van der Waals surface area (Å²) in [4.78, 5) is 27.3. The van der Waals surface area contributed by atoms with Crippen molar-refractivity contribution in [3.8, 4) is 16.9 Å². The molecule has 0 unspecified atom stereocenters. The van der Waals surface area contributed by atoms with E-state index < -0.39 is 5.97 Å². The Morgan fingerprint density at radius 2 is 1.73 bits per heavy atom. The first-order valence-electron chi connectivity index (χ1n) is 10.3. The van der Waals surface area contributed by atoms with E-state index in [2.05, 4.69) is 5.10 Å². The fourth-order valence-corrected chi connectivity index (χ4v) is 3.80. The fourth-order valence-electron chi connectivity index (χ4n) is 3.80. The number of ether oxygens (including phenoxy) is 1. The van der Waals surface area contributed by atoms with Gasteiger partial charge in [-0.15, -0.1) is 0 Å². The lowest BCUT2D eigenvalue weighted by molar-refractivity contribution is -0.137. The van der Waals surface area contributed by atoms with Gasteiger partial charge in [0.2, 0.25) is 0 Å². The molecule has 0 radical (unpaired) electrons. The van der Waals surface area contributed by atoms with Gasteiger partial charge in [0.05, 0.1) is 11.4 Å². The van der Waals surface area contributed by atoms with Crippen LogP contribution >= 0.6 is 0 Å². The molecule has 0 aliphatic carbocycles. The van der Waals surface area contributed by atoms with E-state index in [9.17, 15) is 9.59 Å². The Bertz CT molecular complexity index is 1010. The Hall–Kier alpha value is -3.41. The highest BCUT2D eigenvalue weighted by Crippen LogP contribution is 2.22. The van der Waals surface area contributed by atoms with E-state index in [1.807, 2.05) is 67.6 Å². The van der Waals surface area contributed by atoms with Crippen LogP contribution in [-0.4, -0.2) is 45.8 Å². The van der Waals surface area contributed by atoms with Gasteiger partial charge in [0.1, 0.15) is 0 Å². The normalized spacial score (nSPS) is 16.3. The van der Waals surface area contributed by atoms with Gasteiger partial charge in [-0.3, -0.25) is 4.79 Å². The maximum atomic E-state index is 12.9. The van der Waals surface area contributed by atoms with Crippen LogP contribution in [0.1, 0.15) is 36.7 Å². The molecule has 4 rings (SSSR count). The van der Waals surface area contributed by atoms with Crippen LogP contribution in [0.4, 0.5) is 0 Å². The topological polar surface area (TPSA) is 64.4 Å². The van der Waals surface area contributed by atoms with Gasteiger partial charge in [-0.1, -0.05) is 48.5 Å². The number of rotatable bonds is 5. The van der Waals surface area contributed by atoms with Crippen molar-refractivity contribution in [1.29, 1.82) is 0 Å². The highest BCUT2D eigenvalue weighted by molar-refractivity contribution is 5.91. The number of piperidine rings is 1. The minimum absolute atomic E-state index is 0.149. The van der Waals surface area contributed by atoms with Crippen LogP contribution in [0.3, 0.4) is 0 Å². The van der Waals surface area contributed by atoms with Gasteiger partial charge in [-0.05, 0) is 44.4 Å². The molecule has 0 spiro atoms.